The maximum Gasteiger partial charge on any atom is 0.0945 e. The van der Waals surface area contributed by atoms with Gasteiger partial charge in [0.05, 0.1) is 15.6 Å². The Kier molecular flexibility index (Phi) is 2.93. The highest BCUT2D eigenvalue weighted by Crippen LogP contribution is 2.33. The topological polar surface area (TPSA) is 38.9 Å². The lowest BCUT2D eigenvalue weighted by Gasteiger charge is -1.89. The van der Waals surface area contributed by atoms with E-state index in [2.05, 4.69) is 40.7 Å². The molecule has 0 radical (unpaired) electrons. The highest BCUT2D eigenvalue weighted by atomic mass is 32.1. The number of thiazole rings is 1. The van der Waals surface area contributed by atoms with E-state index in [0.717, 1.165) is 17.1 Å². The monoisotopic (exact) mass is 260 g/mol. The molecule has 2 heterocycles. The van der Waals surface area contributed by atoms with E-state index in [4.69, 9.17) is 5.73 Å². The van der Waals surface area contributed by atoms with Gasteiger partial charge in [-0.25, -0.2) is 4.98 Å². The summed E-state index contributed by atoms with van der Waals surface area (Å²) >= 11 is 3.49. The molecule has 3 aromatic rings. The number of hydrogen-bond acceptors (Lipinski definition) is 4. The second-order valence-corrected chi connectivity index (χ2v) is 5.84. The van der Waals surface area contributed by atoms with Gasteiger partial charge in [-0.3, -0.25) is 0 Å². The molecule has 2 aromatic heterocycles. The first-order valence-electron chi connectivity index (χ1n) is 5.50. The van der Waals surface area contributed by atoms with E-state index in [-0.39, 0.29) is 0 Å². The van der Waals surface area contributed by atoms with E-state index >= 15 is 0 Å². The Labute approximate surface area is 108 Å². The number of thiophene rings is 1. The van der Waals surface area contributed by atoms with E-state index in [9.17, 15) is 0 Å². The third-order valence-electron chi connectivity index (χ3n) is 2.59. The number of aromatic nitrogens is 1. The highest BCUT2D eigenvalue weighted by molar-refractivity contribution is 7.22. The van der Waals surface area contributed by atoms with E-state index in [1.165, 1.54) is 15.0 Å². The Balaban J connectivity index is 2.01. The molecule has 0 bridgehead atoms. The molecule has 4 heteroatoms. The van der Waals surface area contributed by atoms with Crippen LogP contribution in [0.2, 0.25) is 0 Å². The Morgan fingerprint density at radius 1 is 1.24 bits per heavy atom. The Hall–Kier alpha value is -1.23. The first kappa shape index (κ1) is 10.9. The smallest absolute Gasteiger partial charge is 0.0945 e. The molecule has 0 aliphatic rings. The van der Waals surface area contributed by atoms with Crippen LogP contribution in [0.3, 0.4) is 0 Å². The lowest BCUT2D eigenvalue weighted by molar-refractivity contribution is 0.954. The number of hydrogen-bond donors (Lipinski definition) is 1. The number of nitrogens with zero attached hydrogens (tertiary/aromatic N) is 1. The van der Waals surface area contributed by atoms with Crippen molar-refractivity contribution in [2.45, 2.75) is 6.42 Å². The van der Waals surface area contributed by atoms with Crippen LogP contribution in [0, 0.1) is 0 Å². The Morgan fingerprint density at radius 2 is 2.12 bits per heavy atom. The predicted octanol–water partition coefficient (Wildman–Crippen LogP) is 3.53. The summed E-state index contributed by atoms with van der Waals surface area (Å²) in [6.45, 7) is 0.666. The van der Waals surface area contributed by atoms with Crippen LogP contribution in [0.15, 0.2) is 35.7 Å². The quantitative estimate of drug-likeness (QED) is 0.782. The van der Waals surface area contributed by atoms with Crippen LogP contribution in [0.4, 0.5) is 0 Å². The SMILES string of the molecule is NCCc1nc(-c2cc3ccccc3s2)cs1. The summed E-state index contributed by atoms with van der Waals surface area (Å²) in [4.78, 5) is 5.86. The van der Waals surface area contributed by atoms with Gasteiger partial charge < -0.3 is 5.73 Å². The van der Waals surface area contributed by atoms with Crippen molar-refractivity contribution in [3.8, 4) is 10.6 Å². The van der Waals surface area contributed by atoms with Gasteiger partial charge in [-0.1, -0.05) is 18.2 Å². The van der Waals surface area contributed by atoms with E-state index in [1.54, 1.807) is 22.7 Å². The maximum atomic E-state index is 5.54. The summed E-state index contributed by atoms with van der Waals surface area (Å²) < 4.78 is 1.32. The third kappa shape index (κ3) is 2.11. The van der Waals surface area contributed by atoms with Crippen molar-refractivity contribution in [3.63, 3.8) is 0 Å². The molecule has 0 saturated heterocycles. The number of benzene rings is 1. The Bertz CT molecular complexity index is 606. The van der Waals surface area contributed by atoms with Gasteiger partial charge >= 0.3 is 0 Å². The number of fused-ring (bicyclic) bond motifs is 1. The largest absolute Gasteiger partial charge is 0.330 e. The van der Waals surface area contributed by atoms with Gasteiger partial charge in [0.2, 0.25) is 0 Å². The molecular weight excluding hydrogens is 248 g/mol. The van der Waals surface area contributed by atoms with Crippen LogP contribution in [-0.2, 0) is 6.42 Å². The molecular formula is C13H12N2S2. The minimum atomic E-state index is 0.666. The summed E-state index contributed by atoms with van der Waals surface area (Å²) in [6, 6.07) is 10.6. The molecule has 0 unspecified atom stereocenters. The van der Waals surface area contributed by atoms with Crippen LogP contribution in [0.25, 0.3) is 20.7 Å². The van der Waals surface area contributed by atoms with Crippen molar-refractivity contribution in [1.29, 1.82) is 0 Å². The summed E-state index contributed by atoms with van der Waals surface area (Å²) in [5, 5.41) is 4.54. The lowest BCUT2D eigenvalue weighted by atomic mass is 10.2. The fraction of sp³-hybridized carbons (Fsp3) is 0.154. The average Bonchev–Trinajstić information content (AvgIpc) is 2.94. The van der Waals surface area contributed by atoms with Gasteiger partial charge in [-0.05, 0) is 24.1 Å². The van der Waals surface area contributed by atoms with Crippen LogP contribution in [0.5, 0.6) is 0 Å². The molecule has 0 aliphatic carbocycles. The molecule has 2 N–H and O–H groups in total. The van der Waals surface area contributed by atoms with Crippen molar-refractivity contribution in [3.05, 3.63) is 40.7 Å². The molecule has 17 heavy (non-hydrogen) atoms. The molecule has 0 saturated carbocycles. The molecule has 3 rings (SSSR count). The van der Waals surface area contributed by atoms with Crippen LogP contribution < -0.4 is 5.73 Å². The predicted molar refractivity (Wildman–Crippen MR) is 75.7 cm³/mol. The van der Waals surface area contributed by atoms with E-state index in [0.29, 0.717) is 6.54 Å². The molecule has 1 aromatic carbocycles. The Morgan fingerprint density at radius 3 is 2.94 bits per heavy atom. The van der Waals surface area contributed by atoms with Gasteiger partial charge in [-0.2, -0.15) is 0 Å². The average molecular weight is 260 g/mol. The fourth-order valence-electron chi connectivity index (χ4n) is 1.77. The molecule has 0 atom stereocenters. The minimum absolute atomic E-state index is 0.666. The van der Waals surface area contributed by atoms with Crippen LogP contribution in [0.1, 0.15) is 5.01 Å². The van der Waals surface area contributed by atoms with Crippen molar-refractivity contribution in [1.82, 2.24) is 4.98 Å². The first-order valence-corrected chi connectivity index (χ1v) is 7.20. The molecule has 0 spiro atoms. The first-order chi connectivity index (χ1) is 8.36. The van der Waals surface area contributed by atoms with E-state index in [1.807, 2.05) is 0 Å². The summed E-state index contributed by atoms with van der Waals surface area (Å²) in [7, 11) is 0. The molecule has 86 valence electrons. The van der Waals surface area contributed by atoms with Gasteiger partial charge in [0, 0.05) is 16.5 Å². The molecule has 2 nitrogen and oxygen atoms in total. The van der Waals surface area contributed by atoms with Gasteiger partial charge in [0.15, 0.2) is 0 Å². The second-order valence-electron chi connectivity index (χ2n) is 3.81. The van der Waals surface area contributed by atoms with Crippen molar-refractivity contribution in [2.24, 2.45) is 5.73 Å². The lowest BCUT2D eigenvalue weighted by Crippen LogP contribution is -2.01. The number of nitrogens with two attached hydrogens (primary N) is 1. The zero-order chi connectivity index (χ0) is 11.7. The summed E-state index contributed by atoms with van der Waals surface area (Å²) in [5.41, 5.74) is 6.62. The van der Waals surface area contributed by atoms with Crippen molar-refractivity contribution < 1.29 is 0 Å². The minimum Gasteiger partial charge on any atom is -0.330 e. The third-order valence-corrected chi connectivity index (χ3v) is 4.64. The van der Waals surface area contributed by atoms with E-state index < -0.39 is 0 Å². The molecule has 0 aliphatic heterocycles. The summed E-state index contributed by atoms with van der Waals surface area (Å²) in [6.07, 6.45) is 0.871. The standard InChI is InChI=1S/C13H12N2S2/c14-6-5-13-15-10(8-16-13)12-7-9-3-1-2-4-11(9)17-12/h1-4,7-8H,5-6,14H2. The normalized spacial score (nSPS) is 11.1. The zero-order valence-corrected chi connectivity index (χ0v) is 10.9. The van der Waals surface area contributed by atoms with Gasteiger partial charge in [0.25, 0.3) is 0 Å². The van der Waals surface area contributed by atoms with Crippen LogP contribution in [-0.4, -0.2) is 11.5 Å². The maximum absolute atomic E-state index is 5.54. The van der Waals surface area contributed by atoms with Crippen molar-refractivity contribution in [2.75, 3.05) is 6.54 Å². The fourth-order valence-corrected chi connectivity index (χ4v) is 3.68. The van der Waals surface area contributed by atoms with Crippen molar-refractivity contribution >= 4 is 32.8 Å². The number of rotatable bonds is 3. The van der Waals surface area contributed by atoms with Gasteiger partial charge in [0.1, 0.15) is 0 Å². The highest BCUT2D eigenvalue weighted by Gasteiger charge is 2.07. The zero-order valence-electron chi connectivity index (χ0n) is 9.22. The van der Waals surface area contributed by atoms with Crippen LogP contribution >= 0.6 is 22.7 Å². The summed E-state index contributed by atoms with van der Waals surface area (Å²) in [5.74, 6) is 0. The second kappa shape index (κ2) is 4.56. The molecule has 0 amide bonds. The van der Waals surface area contributed by atoms with Gasteiger partial charge in [-0.15, -0.1) is 22.7 Å². The molecule has 0 fully saturated rings.